The summed E-state index contributed by atoms with van der Waals surface area (Å²) >= 11 is 9.45. The number of aromatic nitrogens is 3. The molecule has 0 bridgehead atoms. The van der Waals surface area contributed by atoms with Gasteiger partial charge in [-0.1, -0.05) is 11.6 Å². The molecule has 1 N–H and O–H groups in total. The van der Waals surface area contributed by atoms with Crippen LogP contribution >= 0.6 is 27.5 Å². The van der Waals surface area contributed by atoms with E-state index in [0.29, 0.717) is 20.8 Å². The van der Waals surface area contributed by atoms with Gasteiger partial charge in [0.15, 0.2) is 11.6 Å². The zero-order valence-corrected chi connectivity index (χ0v) is 18.6. The molecule has 0 spiro atoms. The number of pyridine rings is 1. The van der Waals surface area contributed by atoms with Crippen LogP contribution in [0.1, 0.15) is 21.6 Å². The lowest BCUT2D eigenvalue weighted by Crippen LogP contribution is -2.17. The Morgan fingerprint density at radius 1 is 1.35 bits per heavy atom. The van der Waals surface area contributed by atoms with Crippen molar-refractivity contribution in [2.24, 2.45) is 0 Å². The number of ketones is 1. The SMILES string of the molecule is COC(=O)Nc1cc([N+](=O)[O-])cc(C)c1CC(=O)c1cc(Br)nn1-c1ncccc1Cl. The van der Waals surface area contributed by atoms with Crippen molar-refractivity contribution in [1.82, 2.24) is 14.8 Å². The molecule has 0 saturated carbocycles. The normalized spacial score (nSPS) is 10.6. The summed E-state index contributed by atoms with van der Waals surface area (Å²) in [5, 5.41) is 18.2. The average molecular weight is 509 g/mol. The second-order valence-corrected chi connectivity index (χ2v) is 7.56. The number of benzene rings is 1. The highest BCUT2D eigenvalue weighted by Crippen LogP contribution is 2.29. The van der Waals surface area contributed by atoms with Gasteiger partial charge >= 0.3 is 6.09 Å². The molecule has 12 heteroatoms. The lowest BCUT2D eigenvalue weighted by atomic mass is 9.99. The number of amides is 1. The number of nitrogens with zero attached hydrogens (tertiary/aromatic N) is 4. The highest BCUT2D eigenvalue weighted by Gasteiger charge is 2.23. The van der Waals surface area contributed by atoms with Crippen LogP contribution in [0.25, 0.3) is 5.82 Å². The first-order chi connectivity index (χ1) is 14.7. The molecule has 1 amide bonds. The Bertz CT molecular complexity index is 1200. The van der Waals surface area contributed by atoms with Gasteiger partial charge in [0.1, 0.15) is 10.3 Å². The Morgan fingerprint density at radius 2 is 2.10 bits per heavy atom. The van der Waals surface area contributed by atoms with Crippen LogP contribution in [0.2, 0.25) is 5.02 Å². The van der Waals surface area contributed by atoms with E-state index in [-0.39, 0.29) is 35.1 Å². The number of hydrogen-bond donors (Lipinski definition) is 1. The fraction of sp³-hybridized carbons (Fsp3) is 0.158. The quantitative estimate of drug-likeness (QED) is 0.295. The summed E-state index contributed by atoms with van der Waals surface area (Å²) in [5.74, 6) is -0.101. The number of nitrogens with one attached hydrogen (secondary N) is 1. The third-order valence-corrected chi connectivity index (χ3v) is 5.02. The van der Waals surface area contributed by atoms with E-state index in [1.807, 2.05) is 0 Å². The molecule has 10 nitrogen and oxygen atoms in total. The monoisotopic (exact) mass is 507 g/mol. The minimum atomic E-state index is -0.818. The number of nitro benzene ring substituents is 1. The molecule has 2 heterocycles. The molecule has 0 fully saturated rings. The number of carbonyl (C=O) groups excluding carboxylic acids is 2. The van der Waals surface area contributed by atoms with E-state index in [2.05, 4.69) is 36.1 Å². The molecule has 0 saturated heterocycles. The minimum Gasteiger partial charge on any atom is -0.453 e. The molecular formula is C19H15BrClN5O5. The Balaban J connectivity index is 2.04. The van der Waals surface area contributed by atoms with Crippen LogP contribution in [0.3, 0.4) is 0 Å². The second kappa shape index (κ2) is 9.23. The van der Waals surface area contributed by atoms with Gasteiger partial charge < -0.3 is 4.74 Å². The second-order valence-electron chi connectivity index (χ2n) is 6.34. The Labute approximate surface area is 189 Å². The van der Waals surface area contributed by atoms with Gasteiger partial charge in [-0.05, 0) is 46.1 Å². The van der Waals surface area contributed by atoms with E-state index in [1.54, 1.807) is 19.1 Å². The third kappa shape index (κ3) is 4.89. The summed E-state index contributed by atoms with van der Waals surface area (Å²) in [5.41, 5.74) is 0.919. The molecular weight excluding hydrogens is 494 g/mol. The fourth-order valence-electron chi connectivity index (χ4n) is 2.91. The van der Waals surface area contributed by atoms with Crippen LogP contribution in [0.15, 0.2) is 41.1 Å². The van der Waals surface area contributed by atoms with Crippen molar-refractivity contribution < 1.29 is 19.2 Å². The van der Waals surface area contributed by atoms with Gasteiger partial charge in [0, 0.05) is 30.8 Å². The molecule has 0 unspecified atom stereocenters. The number of carbonyl (C=O) groups is 2. The first-order valence-corrected chi connectivity index (χ1v) is 9.91. The van der Waals surface area contributed by atoms with Crippen molar-refractivity contribution in [1.29, 1.82) is 0 Å². The molecule has 0 atom stereocenters. The van der Waals surface area contributed by atoms with Crippen molar-refractivity contribution >= 4 is 50.8 Å². The van der Waals surface area contributed by atoms with Crippen LogP contribution in [0.5, 0.6) is 0 Å². The predicted molar refractivity (Wildman–Crippen MR) is 116 cm³/mol. The summed E-state index contributed by atoms with van der Waals surface area (Å²) in [6, 6.07) is 7.29. The van der Waals surface area contributed by atoms with E-state index < -0.39 is 11.0 Å². The van der Waals surface area contributed by atoms with Crippen molar-refractivity contribution in [3.05, 3.63) is 73.1 Å². The summed E-state index contributed by atoms with van der Waals surface area (Å²) in [4.78, 5) is 39.7. The number of aryl methyl sites for hydroxylation is 1. The van der Waals surface area contributed by atoms with E-state index in [1.165, 1.54) is 29.1 Å². The molecule has 3 rings (SSSR count). The Hall–Kier alpha value is -3.31. The van der Waals surface area contributed by atoms with Crippen molar-refractivity contribution in [3.63, 3.8) is 0 Å². The number of methoxy groups -OCH3 is 1. The topological polar surface area (TPSA) is 129 Å². The number of rotatable bonds is 6. The molecule has 1 aromatic carbocycles. The van der Waals surface area contributed by atoms with Crippen LogP contribution in [0, 0.1) is 17.0 Å². The Kier molecular flexibility index (Phi) is 6.66. The summed E-state index contributed by atoms with van der Waals surface area (Å²) < 4.78 is 6.29. The number of ether oxygens (including phenoxy) is 1. The van der Waals surface area contributed by atoms with Crippen molar-refractivity contribution in [2.45, 2.75) is 13.3 Å². The van der Waals surface area contributed by atoms with Crippen LogP contribution in [-0.2, 0) is 11.2 Å². The van der Waals surface area contributed by atoms with E-state index in [4.69, 9.17) is 11.6 Å². The highest BCUT2D eigenvalue weighted by molar-refractivity contribution is 9.10. The van der Waals surface area contributed by atoms with Gasteiger partial charge in [-0.15, -0.1) is 0 Å². The standard InChI is InChI=1S/C19H15BrClN5O5/c1-10-6-11(26(29)30)7-14(23-19(28)31-2)12(10)8-16(27)15-9-17(20)24-25(15)18-13(21)4-3-5-22-18/h3-7,9H,8H2,1-2H3,(H,23,28). The predicted octanol–water partition coefficient (Wildman–Crippen LogP) is 4.50. The number of anilines is 1. The lowest BCUT2D eigenvalue weighted by Gasteiger charge is -2.13. The zero-order chi connectivity index (χ0) is 22.7. The molecule has 160 valence electrons. The number of non-ortho nitro benzene ring substituents is 1. The molecule has 2 aromatic heterocycles. The number of nitro groups is 1. The third-order valence-electron chi connectivity index (χ3n) is 4.33. The number of halogens is 2. The molecule has 31 heavy (non-hydrogen) atoms. The summed E-state index contributed by atoms with van der Waals surface area (Å²) in [6.45, 7) is 1.61. The van der Waals surface area contributed by atoms with Crippen molar-refractivity contribution in [3.8, 4) is 5.82 Å². The first kappa shape index (κ1) is 22.4. The maximum absolute atomic E-state index is 13.2. The van der Waals surface area contributed by atoms with Gasteiger partial charge in [-0.3, -0.25) is 20.2 Å². The molecule has 0 aliphatic rings. The van der Waals surface area contributed by atoms with E-state index in [9.17, 15) is 19.7 Å². The highest BCUT2D eigenvalue weighted by atomic mass is 79.9. The van der Waals surface area contributed by atoms with Gasteiger partial charge in [0.05, 0.1) is 22.7 Å². The van der Waals surface area contributed by atoms with Gasteiger partial charge in [-0.2, -0.15) is 5.10 Å². The Morgan fingerprint density at radius 3 is 2.74 bits per heavy atom. The van der Waals surface area contributed by atoms with Crippen LogP contribution < -0.4 is 5.32 Å². The van der Waals surface area contributed by atoms with Gasteiger partial charge in [-0.25, -0.2) is 14.5 Å². The van der Waals surface area contributed by atoms with Crippen LogP contribution in [0.4, 0.5) is 16.2 Å². The lowest BCUT2D eigenvalue weighted by molar-refractivity contribution is -0.384. The minimum absolute atomic E-state index is 0.105. The van der Waals surface area contributed by atoms with Gasteiger partial charge in [0.25, 0.3) is 5.69 Å². The van der Waals surface area contributed by atoms with Gasteiger partial charge in [0.2, 0.25) is 0 Å². The smallest absolute Gasteiger partial charge is 0.411 e. The average Bonchev–Trinajstić information content (AvgIpc) is 3.11. The molecule has 0 aliphatic heterocycles. The number of Topliss-reactive ketones (excluding diaryl/α,β-unsaturated/α-hetero) is 1. The maximum Gasteiger partial charge on any atom is 0.411 e. The zero-order valence-electron chi connectivity index (χ0n) is 16.3. The largest absolute Gasteiger partial charge is 0.453 e. The molecule has 0 radical (unpaired) electrons. The van der Waals surface area contributed by atoms with E-state index in [0.717, 1.165) is 7.11 Å². The molecule has 3 aromatic rings. The number of hydrogen-bond acceptors (Lipinski definition) is 7. The maximum atomic E-state index is 13.2. The fourth-order valence-corrected chi connectivity index (χ4v) is 3.48. The first-order valence-electron chi connectivity index (χ1n) is 8.73. The summed E-state index contributed by atoms with van der Waals surface area (Å²) in [6.07, 6.45) is 0.525. The van der Waals surface area contributed by atoms with E-state index >= 15 is 0 Å². The van der Waals surface area contributed by atoms with Crippen LogP contribution in [-0.4, -0.2) is 38.7 Å². The molecule has 0 aliphatic carbocycles. The summed E-state index contributed by atoms with van der Waals surface area (Å²) in [7, 11) is 1.16. The van der Waals surface area contributed by atoms with Crippen molar-refractivity contribution in [2.75, 3.05) is 12.4 Å².